The molecule has 31 heavy (non-hydrogen) atoms. The van der Waals surface area contributed by atoms with Gasteiger partial charge in [-0.3, -0.25) is 9.59 Å². The highest BCUT2D eigenvalue weighted by molar-refractivity contribution is 5.93. The zero-order chi connectivity index (χ0) is 21.6. The minimum absolute atomic E-state index is 0.00352. The third-order valence-corrected chi connectivity index (χ3v) is 7.24. The first kappa shape index (κ1) is 18.7. The molecule has 1 aliphatic carbocycles. The van der Waals surface area contributed by atoms with Gasteiger partial charge in [0.05, 0.1) is 34.9 Å². The number of aryl methyl sites for hydroxylation is 1. The Morgan fingerprint density at radius 1 is 1.26 bits per heavy atom. The van der Waals surface area contributed by atoms with Gasteiger partial charge in [-0.1, -0.05) is 6.92 Å². The molecule has 4 heterocycles. The molecule has 2 aliphatic heterocycles. The van der Waals surface area contributed by atoms with E-state index in [-0.39, 0.29) is 30.0 Å². The minimum atomic E-state index is -0.459. The molecule has 3 aliphatic rings. The summed E-state index contributed by atoms with van der Waals surface area (Å²) in [5.41, 5.74) is 13.1. The van der Waals surface area contributed by atoms with Crippen molar-refractivity contribution in [1.82, 2.24) is 9.55 Å². The molecule has 3 aromatic rings. The topological polar surface area (TPSA) is 87.2 Å². The van der Waals surface area contributed by atoms with Gasteiger partial charge in [0.15, 0.2) is 0 Å². The number of hydrogen-bond donors (Lipinski definition) is 1. The Hall–Kier alpha value is -3.06. The molecule has 2 atom stereocenters. The third-order valence-electron chi connectivity index (χ3n) is 7.24. The Bertz CT molecular complexity index is 1390. The van der Waals surface area contributed by atoms with Crippen LogP contribution in [0.1, 0.15) is 65.1 Å². The summed E-state index contributed by atoms with van der Waals surface area (Å²) in [6.45, 7) is 4.08. The van der Waals surface area contributed by atoms with Crippen LogP contribution in [-0.2, 0) is 29.1 Å². The van der Waals surface area contributed by atoms with Gasteiger partial charge >= 0.3 is 5.97 Å². The molecule has 0 amide bonds. The summed E-state index contributed by atoms with van der Waals surface area (Å²) in [6.07, 6.45) is 2.00. The lowest BCUT2D eigenvalue weighted by atomic mass is 9.82. The van der Waals surface area contributed by atoms with Crippen LogP contribution >= 0.6 is 0 Å². The zero-order valence-electron chi connectivity index (χ0n) is 17.4. The number of rotatable bonds is 1. The number of aromatic nitrogens is 2. The number of hydrogen-bond acceptors (Lipinski definition) is 5. The van der Waals surface area contributed by atoms with E-state index in [9.17, 15) is 14.0 Å². The molecule has 0 saturated heterocycles. The average molecular weight is 419 g/mol. The van der Waals surface area contributed by atoms with E-state index in [0.717, 1.165) is 34.1 Å². The molecule has 0 radical (unpaired) electrons. The first-order valence-electron chi connectivity index (χ1n) is 10.7. The second-order valence-corrected chi connectivity index (χ2v) is 8.78. The van der Waals surface area contributed by atoms with Crippen LogP contribution in [0, 0.1) is 12.7 Å². The van der Waals surface area contributed by atoms with Gasteiger partial charge in [-0.25, -0.2) is 9.37 Å². The van der Waals surface area contributed by atoms with E-state index >= 15 is 0 Å². The van der Waals surface area contributed by atoms with Crippen LogP contribution < -0.4 is 11.3 Å². The normalized spacial score (nSPS) is 21.0. The molecule has 6 rings (SSSR count). The SMILES string of the molecule is CCC1C(=O)OCc2c1cc1n(c2=O)Cc2c-1nc1cc(F)c(C)c3c1c2[C@@H](N)CC3. The van der Waals surface area contributed by atoms with Gasteiger partial charge in [0.25, 0.3) is 5.56 Å². The van der Waals surface area contributed by atoms with Crippen LogP contribution in [0.2, 0.25) is 0 Å². The number of halogens is 1. The van der Waals surface area contributed by atoms with E-state index < -0.39 is 5.92 Å². The lowest BCUT2D eigenvalue weighted by molar-refractivity contribution is -0.148. The molecule has 0 saturated carbocycles. The van der Waals surface area contributed by atoms with Gasteiger partial charge in [-0.05, 0) is 54.5 Å². The van der Waals surface area contributed by atoms with Crippen LogP contribution in [0.5, 0.6) is 0 Å². The number of ether oxygens (including phenoxy) is 1. The maximum atomic E-state index is 14.6. The summed E-state index contributed by atoms with van der Waals surface area (Å²) in [6, 6.07) is 3.19. The number of nitrogens with zero attached hydrogens (tertiary/aromatic N) is 2. The predicted molar refractivity (Wildman–Crippen MR) is 113 cm³/mol. The zero-order valence-corrected chi connectivity index (χ0v) is 17.4. The lowest BCUT2D eigenvalue weighted by Gasteiger charge is -2.26. The van der Waals surface area contributed by atoms with Crippen molar-refractivity contribution in [2.45, 2.75) is 58.2 Å². The highest BCUT2D eigenvalue weighted by atomic mass is 19.1. The summed E-state index contributed by atoms with van der Waals surface area (Å²) in [5.74, 6) is -1.03. The second-order valence-electron chi connectivity index (χ2n) is 8.78. The number of carbonyl (C=O) groups excluding carboxylic acids is 1. The quantitative estimate of drug-likeness (QED) is 0.478. The van der Waals surface area contributed by atoms with E-state index in [2.05, 4.69) is 0 Å². The standard InChI is InChI=1S/C24H22FN3O3/c1-3-11-13-6-19-22-14(8-28(19)23(29)15(13)9-31-24(11)30)20-17(26)5-4-12-10(2)16(25)7-18(27-22)21(12)20/h6-7,11,17H,3-5,8-9,26H2,1-2H3/t11?,17-/m0/s1. The van der Waals surface area contributed by atoms with E-state index in [1.165, 1.54) is 6.07 Å². The molecule has 6 nitrogen and oxygen atoms in total. The van der Waals surface area contributed by atoms with Crippen molar-refractivity contribution in [3.05, 3.63) is 61.7 Å². The van der Waals surface area contributed by atoms with Crippen molar-refractivity contribution < 1.29 is 13.9 Å². The molecule has 1 unspecified atom stereocenters. The van der Waals surface area contributed by atoms with Crippen molar-refractivity contribution in [2.75, 3.05) is 0 Å². The van der Waals surface area contributed by atoms with E-state index in [0.29, 0.717) is 47.4 Å². The van der Waals surface area contributed by atoms with E-state index in [4.69, 9.17) is 15.5 Å². The van der Waals surface area contributed by atoms with Gasteiger partial charge in [0, 0.05) is 23.1 Å². The van der Waals surface area contributed by atoms with Gasteiger partial charge in [0.1, 0.15) is 12.4 Å². The summed E-state index contributed by atoms with van der Waals surface area (Å²) < 4.78 is 21.6. The van der Waals surface area contributed by atoms with Crippen molar-refractivity contribution in [2.24, 2.45) is 5.73 Å². The number of pyridine rings is 2. The third kappa shape index (κ3) is 2.32. The fraction of sp³-hybridized carbons (Fsp3) is 0.375. The molecule has 2 aromatic heterocycles. The molecule has 1 aromatic carbocycles. The first-order valence-corrected chi connectivity index (χ1v) is 10.7. The molecule has 0 fully saturated rings. The van der Waals surface area contributed by atoms with Crippen LogP contribution in [0.4, 0.5) is 4.39 Å². The van der Waals surface area contributed by atoms with Gasteiger partial charge < -0.3 is 15.0 Å². The predicted octanol–water partition coefficient (Wildman–Crippen LogP) is 3.37. The highest BCUT2D eigenvalue weighted by Crippen LogP contribution is 2.44. The fourth-order valence-electron chi connectivity index (χ4n) is 5.61. The molecular weight excluding hydrogens is 397 g/mol. The van der Waals surface area contributed by atoms with Crippen molar-refractivity contribution >= 4 is 16.9 Å². The largest absolute Gasteiger partial charge is 0.460 e. The van der Waals surface area contributed by atoms with Crippen LogP contribution in [0.3, 0.4) is 0 Å². The minimum Gasteiger partial charge on any atom is -0.460 e. The van der Waals surface area contributed by atoms with E-state index in [1.807, 2.05) is 13.0 Å². The van der Waals surface area contributed by atoms with Crippen LogP contribution in [0.25, 0.3) is 22.3 Å². The van der Waals surface area contributed by atoms with Gasteiger partial charge in [-0.2, -0.15) is 0 Å². The maximum Gasteiger partial charge on any atom is 0.313 e. The maximum absolute atomic E-state index is 14.6. The Kier molecular flexibility index (Phi) is 3.76. The smallest absolute Gasteiger partial charge is 0.313 e. The van der Waals surface area contributed by atoms with Crippen LogP contribution in [-0.4, -0.2) is 15.5 Å². The summed E-state index contributed by atoms with van der Waals surface area (Å²) in [7, 11) is 0. The molecule has 0 spiro atoms. The first-order chi connectivity index (χ1) is 14.9. The number of cyclic esters (lactones) is 1. The summed E-state index contributed by atoms with van der Waals surface area (Å²) in [5, 5.41) is 0.937. The highest BCUT2D eigenvalue weighted by Gasteiger charge is 2.36. The molecule has 0 bridgehead atoms. The van der Waals surface area contributed by atoms with E-state index in [1.54, 1.807) is 11.5 Å². The number of esters is 1. The lowest BCUT2D eigenvalue weighted by Crippen LogP contribution is -2.32. The number of benzene rings is 1. The fourth-order valence-corrected chi connectivity index (χ4v) is 5.61. The molecule has 158 valence electrons. The van der Waals surface area contributed by atoms with Gasteiger partial charge in [-0.15, -0.1) is 0 Å². The molecule has 2 N–H and O–H groups in total. The monoisotopic (exact) mass is 419 g/mol. The van der Waals surface area contributed by atoms with Crippen molar-refractivity contribution in [1.29, 1.82) is 0 Å². The summed E-state index contributed by atoms with van der Waals surface area (Å²) >= 11 is 0. The molecular formula is C24H22FN3O3. The second kappa shape index (κ2) is 6.23. The number of fused-ring (bicyclic) bond motifs is 5. The van der Waals surface area contributed by atoms with Crippen molar-refractivity contribution in [3.63, 3.8) is 0 Å². The Morgan fingerprint density at radius 3 is 2.84 bits per heavy atom. The summed E-state index contributed by atoms with van der Waals surface area (Å²) in [4.78, 5) is 30.5. The Morgan fingerprint density at radius 2 is 2.06 bits per heavy atom. The van der Waals surface area contributed by atoms with Gasteiger partial charge in [0.2, 0.25) is 0 Å². The Labute approximate surface area is 177 Å². The van der Waals surface area contributed by atoms with Crippen LogP contribution in [0.15, 0.2) is 16.9 Å². The molecule has 7 heteroatoms. The van der Waals surface area contributed by atoms with Crippen molar-refractivity contribution in [3.8, 4) is 11.4 Å². The number of nitrogens with two attached hydrogens (primary N) is 1. The average Bonchev–Trinajstić information content (AvgIpc) is 3.11. The Balaban J connectivity index is 1.69. The number of carbonyl (C=O) groups is 1.